The van der Waals surface area contributed by atoms with Gasteiger partial charge in [-0.1, -0.05) is 25.2 Å². The summed E-state index contributed by atoms with van der Waals surface area (Å²) in [4.78, 5) is 24.7. The quantitative estimate of drug-likeness (QED) is 0.573. The molecule has 0 saturated carbocycles. The fourth-order valence-corrected chi connectivity index (χ4v) is 2.80. The highest BCUT2D eigenvalue weighted by Crippen LogP contribution is 2.29. The summed E-state index contributed by atoms with van der Waals surface area (Å²) in [7, 11) is 0. The summed E-state index contributed by atoms with van der Waals surface area (Å²) in [6.07, 6.45) is 2.37. The number of aliphatic hydroxyl groups is 2. The van der Waals surface area contributed by atoms with Gasteiger partial charge in [0.1, 0.15) is 23.5 Å². The Balaban J connectivity index is 2.50. The minimum atomic E-state index is -1.55. The number of aliphatic hydroxyl groups excluding tert-OH is 2. The number of cyclic esters (lactones) is 1. The van der Waals surface area contributed by atoms with Crippen molar-refractivity contribution in [2.45, 2.75) is 45.5 Å². The van der Waals surface area contributed by atoms with E-state index in [1.165, 1.54) is 24.3 Å². The maximum Gasteiger partial charge on any atom is 0.342 e. The number of fused-ring (bicyclic) bond motifs is 1. The highest BCUT2D eigenvalue weighted by atomic mass is 16.5. The normalized spacial score (nSPS) is 28.6. The molecule has 1 heterocycles. The summed E-state index contributed by atoms with van der Waals surface area (Å²) in [6.45, 7) is 5.96. The number of carbonyl (C=O) groups is 2. The van der Waals surface area contributed by atoms with Crippen molar-refractivity contribution in [3.8, 4) is 5.75 Å². The van der Waals surface area contributed by atoms with Gasteiger partial charge in [0.2, 0.25) is 0 Å². The zero-order chi connectivity index (χ0) is 20.8. The molecule has 7 heteroatoms. The number of phenolic OH excluding ortho intramolecular Hbond substituents is 1. The molecule has 1 aromatic rings. The summed E-state index contributed by atoms with van der Waals surface area (Å²) >= 11 is 0. The van der Waals surface area contributed by atoms with Gasteiger partial charge >= 0.3 is 5.97 Å². The van der Waals surface area contributed by atoms with E-state index in [9.17, 15) is 24.9 Å². The van der Waals surface area contributed by atoms with Crippen LogP contribution in [-0.2, 0) is 9.53 Å². The maximum absolute atomic E-state index is 12.7. The zero-order valence-electron chi connectivity index (χ0n) is 16.3. The lowest BCUT2D eigenvalue weighted by Crippen LogP contribution is -2.32. The number of nitrogens with one attached hydrogen (secondary N) is 1. The third-order valence-corrected chi connectivity index (χ3v) is 4.66. The standard InChI is InChI=1S/C21H27NO6/c1-4-22-15-10-14-6-5-7-16(23)20(26)17(24)9-8-12(2)13(3)28-21(27)19(14)18(25)11-15/h5-6,8-13,16,20,22-23,25-26H,4,7H2,1-3H3/b6-5+,9-8-/t12-,13?,16?,20+/m1/s1. The Hall–Kier alpha value is -2.64. The van der Waals surface area contributed by atoms with Crippen molar-refractivity contribution in [1.82, 2.24) is 0 Å². The molecule has 4 atom stereocenters. The number of anilines is 1. The Bertz CT molecular complexity index is 785. The fourth-order valence-electron chi connectivity index (χ4n) is 2.80. The van der Waals surface area contributed by atoms with Gasteiger partial charge in [-0.15, -0.1) is 0 Å². The first-order valence-electron chi connectivity index (χ1n) is 9.31. The van der Waals surface area contributed by atoms with Gasteiger partial charge in [-0.2, -0.15) is 0 Å². The van der Waals surface area contributed by atoms with E-state index in [0.717, 1.165) is 0 Å². The van der Waals surface area contributed by atoms with Gasteiger partial charge in [0.25, 0.3) is 0 Å². The summed E-state index contributed by atoms with van der Waals surface area (Å²) in [5.74, 6) is -1.84. The molecule has 0 saturated heterocycles. The average molecular weight is 389 g/mol. The number of hydrogen-bond acceptors (Lipinski definition) is 7. The van der Waals surface area contributed by atoms with E-state index < -0.39 is 30.1 Å². The molecule has 0 fully saturated rings. The molecule has 1 aliphatic rings. The average Bonchev–Trinajstić information content (AvgIpc) is 2.64. The lowest BCUT2D eigenvalue weighted by Gasteiger charge is -2.20. The minimum Gasteiger partial charge on any atom is -0.507 e. The van der Waals surface area contributed by atoms with Crippen LogP contribution in [0.4, 0.5) is 5.69 Å². The highest BCUT2D eigenvalue weighted by Gasteiger charge is 2.25. The van der Waals surface area contributed by atoms with E-state index in [1.807, 2.05) is 6.92 Å². The molecule has 0 amide bonds. The summed E-state index contributed by atoms with van der Waals surface area (Å²) in [6, 6.07) is 3.13. The first-order valence-corrected chi connectivity index (χ1v) is 9.31. The number of carbonyl (C=O) groups excluding carboxylic acids is 2. The molecule has 0 bridgehead atoms. The van der Waals surface area contributed by atoms with Gasteiger partial charge in [-0.3, -0.25) is 4.79 Å². The Morgan fingerprint density at radius 1 is 1.18 bits per heavy atom. The van der Waals surface area contributed by atoms with Crippen molar-refractivity contribution >= 4 is 23.5 Å². The third-order valence-electron chi connectivity index (χ3n) is 4.66. The molecule has 0 spiro atoms. The van der Waals surface area contributed by atoms with Crippen LogP contribution in [0, 0.1) is 5.92 Å². The van der Waals surface area contributed by atoms with Gasteiger partial charge in [0, 0.05) is 24.2 Å². The number of ketones is 1. The number of benzene rings is 1. The largest absolute Gasteiger partial charge is 0.507 e. The van der Waals surface area contributed by atoms with Gasteiger partial charge < -0.3 is 25.4 Å². The number of phenols is 1. The fraction of sp³-hybridized carbons (Fsp3) is 0.429. The van der Waals surface area contributed by atoms with Crippen LogP contribution >= 0.6 is 0 Å². The summed E-state index contributed by atoms with van der Waals surface area (Å²) in [5, 5.41) is 33.5. The van der Waals surface area contributed by atoms with Crippen LogP contribution in [0.2, 0.25) is 0 Å². The molecule has 1 aliphatic heterocycles. The van der Waals surface area contributed by atoms with E-state index in [0.29, 0.717) is 17.8 Å². The van der Waals surface area contributed by atoms with Crippen LogP contribution in [0.5, 0.6) is 5.75 Å². The van der Waals surface area contributed by atoms with Gasteiger partial charge in [-0.25, -0.2) is 4.79 Å². The van der Waals surface area contributed by atoms with Crippen LogP contribution in [0.25, 0.3) is 6.08 Å². The molecule has 152 valence electrons. The van der Waals surface area contributed by atoms with Gasteiger partial charge in [0.05, 0.1) is 6.10 Å². The third kappa shape index (κ3) is 5.21. The maximum atomic E-state index is 12.7. The molecule has 1 aromatic carbocycles. The van der Waals surface area contributed by atoms with E-state index in [-0.39, 0.29) is 23.7 Å². The Morgan fingerprint density at radius 2 is 1.89 bits per heavy atom. The molecular weight excluding hydrogens is 362 g/mol. The van der Waals surface area contributed by atoms with E-state index in [1.54, 1.807) is 26.0 Å². The smallest absolute Gasteiger partial charge is 0.342 e. The summed E-state index contributed by atoms with van der Waals surface area (Å²) < 4.78 is 5.47. The van der Waals surface area contributed by atoms with Crippen LogP contribution in [0.1, 0.15) is 43.1 Å². The Labute approximate surface area is 164 Å². The minimum absolute atomic E-state index is 0.00656. The van der Waals surface area contributed by atoms with Crippen molar-refractivity contribution in [3.63, 3.8) is 0 Å². The second-order valence-electron chi connectivity index (χ2n) is 6.87. The topological polar surface area (TPSA) is 116 Å². The SMILES string of the molecule is CCNc1cc(O)c2c(c1)/C=C/CC(O)[C@H](O)C(=O)/C=C\[C@@H](C)C(C)OC2=O. The molecule has 4 N–H and O–H groups in total. The molecule has 0 aromatic heterocycles. The number of ether oxygens (including phenoxy) is 1. The van der Waals surface area contributed by atoms with Crippen LogP contribution in [0.3, 0.4) is 0 Å². The van der Waals surface area contributed by atoms with Gasteiger partial charge in [-0.05, 0) is 38.0 Å². The second-order valence-corrected chi connectivity index (χ2v) is 6.87. The molecule has 2 unspecified atom stereocenters. The number of rotatable bonds is 2. The molecule has 2 rings (SSSR count). The van der Waals surface area contributed by atoms with Crippen LogP contribution < -0.4 is 5.32 Å². The lowest BCUT2D eigenvalue weighted by molar-refractivity contribution is -0.127. The van der Waals surface area contributed by atoms with Crippen LogP contribution in [0.15, 0.2) is 30.4 Å². The lowest BCUT2D eigenvalue weighted by atomic mass is 9.99. The predicted octanol–water partition coefficient (Wildman–Crippen LogP) is 2.27. The number of hydrogen-bond donors (Lipinski definition) is 4. The van der Waals surface area contributed by atoms with Crippen molar-refractivity contribution < 1.29 is 29.6 Å². The highest BCUT2D eigenvalue weighted by molar-refractivity contribution is 5.97. The van der Waals surface area contributed by atoms with Gasteiger partial charge in [0.15, 0.2) is 5.78 Å². The summed E-state index contributed by atoms with van der Waals surface area (Å²) in [5.41, 5.74) is 1.04. The van der Waals surface area contributed by atoms with Crippen molar-refractivity contribution in [2.24, 2.45) is 5.92 Å². The number of aromatic hydroxyl groups is 1. The second kappa shape index (κ2) is 9.52. The molecule has 7 nitrogen and oxygen atoms in total. The number of esters is 1. The van der Waals surface area contributed by atoms with Crippen molar-refractivity contribution in [2.75, 3.05) is 11.9 Å². The first-order chi connectivity index (χ1) is 13.2. The van der Waals surface area contributed by atoms with Crippen LogP contribution in [-0.4, -0.2) is 51.9 Å². The monoisotopic (exact) mass is 389 g/mol. The van der Waals surface area contributed by atoms with E-state index in [4.69, 9.17) is 4.74 Å². The molecular formula is C21H27NO6. The van der Waals surface area contributed by atoms with E-state index >= 15 is 0 Å². The Kier molecular flexibility index (Phi) is 7.37. The molecule has 0 radical (unpaired) electrons. The van der Waals surface area contributed by atoms with Crippen molar-refractivity contribution in [1.29, 1.82) is 0 Å². The van der Waals surface area contributed by atoms with Crippen molar-refractivity contribution in [3.05, 3.63) is 41.5 Å². The Morgan fingerprint density at radius 3 is 2.57 bits per heavy atom. The predicted molar refractivity (Wildman–Crippen MR) is 106 cm³/mol. The molecule has 28 heavy (non-hydrogen) atoms. The molecule has 0 aliphatic carbocycles. The van der Waals surface area contributed by atoms with E-state index in [2.05, 4.69) is 5.32 Å². The first kappa shape index (κ1) is 21.7. The zero-order valence-corrected chi connectivity index (χ0v) is 16.3.